The minimum Gasteiger partial charge on any atom is -0.489 e. The number of thioether (sulfide) groups is 1. The fourth-order valence-electron chi connectivity index (χ4n) is 3.69. The summed E-state index contributed by atoms with van der Waals surface area (Å²) in [5.41, 5.74) is 2.44. The van der Waals surface area contributed by atoms with E-state index >= 15 is 0 Å². The molecule has 0 spiro atoms. The molecule has 0 unspecified atom stereocenters. The van der Waals surface area contributed by atoms with Crippen LogP contribution in [0.2, 0.25) is 0 Å². The van der Waals surface area contributed by atoms with Crippen molar-refractivity contribution in [2.45, 2.75) is 23.7 Å². The number of rotatable bonds is 5. The fourth-order valence-corrected chi connectivity index (χ4v) is 5.93. The number of ether oxygens (including phenoxy) is 1. The lowest BCUT2D eigenvalue weighted by Crippen LogP contribution is -2.42. The van der Waals surface area contributed by atoms with Crippen LogP contribution in [0.3, 0.4) is 0 Å². The zero-order valence-electron chi connectivity index (χ0n) is 16.3. The maximum Gasteiger partial charge on any atom is 0.247 e. The summed E-state index contributed by atoms with van der Waals surface area (Å²) < 4.78 is 34.5. The van der Waals surface area contributed by atoms with Crippen LogP contribution in [-0.4, -0.2) is 30.3 Å². The van der Waals surface area contributed by atoms with Crippen LogP contribution in [0.5, 0.6) is 5.75 Å². The van der Waals surface area contributed by atoms with Crippen molar-refractivity contribution in [1.82, 2.24) is 4.31 Å². The highest BCUT2D eigenvalue weighted by atomic mass is 32.2. The standard InChI is InChI=1S/C23H22N2O3S2/c26-30(27)22-9-5-4-8-21(22)24-23(25(30)14-17-6-2-1-3-7-17)18-10-12-19(13-11-18)28-20-15-29-16-20/h1-13,20,23-24H,14-16H2/t23-/m1/s1. The summed E-state index contributed by atoms with van der Waals surface area (Å²) in [5.74, 6) is 2.86. The molecule has 0 bridgehead atoms. The SMILES string of the molecule is O=S1(=O)c2ccccc2N[C@@H](c2ccc(OC3CSC3)cc2)N1Cc1ccccc1. The van der Waals surface area contributed by atoms with E-state index in [-0.39, 0.29) is 12.6 Å². The number of benzene rings is 3. The maximum atomic E-state index is 13.5. The van der Waals surface area contributed by atoms with Crippen LogP contribution in [0.4, 0.5) is 5.69 Å². The van der Waals surface area contributed by atoms with Gasteiger partial charge in [-0.2, -0.15) is 16.1 Å². The van der Waals surface area contributed by atoms with Gasteiger partial charge in [-0.1, -0.05) is 54.6 Å². The van der Waals surface area contributed by atoms with Gasteiger partial charge in [0, 0.05) is 18.1 Å². The predicted molar refractivity (Wildman–Crippen MR) is 120 cm³/mol. The summed E-state index contributed by atoms with van der Waals surface area (Å²) in [6, 6.07) is 24.5. The van der Waals surface area contributed by atoms with E-state index in [9.17, 15) is 8.42 Å². The molecule has 3 aromatic carbocycles. The average Bonchev–Trinajstić information content (AvgIpc) is 2.74. The zero-order chi connectivity index (χ0) is 20.6. The Balaban J connectivity index is 1.50. The molecule has 1 N–H and O–H groups in total. The largest absolute Gasteiger partial charge is 0.489 e. The van der Waals surface area contributed by atoms with Gasteiger partial charge >= 0.3 is 0 Å². The number of fused-ring (bicyclic) bond motifs is 1. The highest BCUT2D eigenvalue weighted by molar-refractivity contribution is 8.00. The van der Waals surface area contributed by atoms with Crippen molar-refractivity contribution in [1.29, 1.82) is 0 Å². The van der Waals surface area contributed by atoms with Crippen molar-refractivity contribution >= 4 is 27.5 Å². The van der Waals surface area contributed by atoms with Gasteiger partial charge in [-0.15, -0.1) is 0 Å². The third-order valence-electron chi connectivity index (χ3n) is 5.34. The van der Waals surface area contributed by atoms with Crippen LogP contribution in [0.15, 0.2) is 83.8 Å². The highest BCUT2D eigenvalue weighted by Crippen LogP contribution is 2.39. The summed E-state index contributed by atoms with van der Waals surface area (Å²) in [5, 5.41) is 3.42. The first kappa shape index (κ1) is 19.5. The van der Waals surface area contributed by atoms with Gasteiger partial charge in [-0.05, 0) is 35.4 Å². The first-order valence-electron chi connectivity index (χ1n) is 9.87. The fraction of sp³-hybridized carbons (Fsp3) is 0.217. The third kappa shape index (κ3) is 3.69. The van der Waals surface area contributed by atoms with Crippen molar-refractivity contribution in [2.24, 2.45) is 0 Å². The lowest BCUT2D eigenvalue weighted by Gasteiger charge is -2.37. The molecule has 0 amide bonds. The molecule has 2 aliphatic heterocycles. The molecule has 1 fully saturated rings. The molecular formula is C23H22N2O3S2. The topological polar surface area (TPSA) is 58.6 Å². The lowest BCUT2D eigenvalue weighted by molar-refractivity contribution is 0.240. The van der Waals surface area contributed by atoms with E-state index in [0.29, 0.717) is 10.6 Å². The van der Waals surface area contributed by atoms with Gasteiger partial charge in [0.25, 0.3) is 0 Å². The van der Waals surface area contributed by atoms with Gasteiger partial charge in [0.2, 0.25) is 10.0 Å². The molecule has 30 heavy (non-hydrogen) atoms. The smallest absolute Gasteiger partial charge is 0.247 e. The number of sulfonamides is 1. The summed E-state index contributed by atoms with van der Waals surface area (Å²) in [4.78, 5) is 0.305. The minimum absolute atomic E-state index is 0.274. The minimum atomic E-state index is -3.67. The number of hydrogen-bond donors (Lipinski definition) is 1. The maximum absolute atomic E-state index is 13.5. The second kappa shape index (κ2) is 7.98. The normalized spacial score (nSPS) is 20.6. The van der Waals surface area contributed by atoms with Crippen LogP contribution in [0.1, 0.15) is 17.3 Å². The van der Waals surface area contributed by atoms with E-state index in [0.717, 1.165) is 28.4 Å². The average molecular weight is 439 g/mol. The molecule has 154 valence electrons. The van der Waals surface area contributed by atoms with Gasteiger partial charge in [0.15, 0.2) is 0 Å². The van der Waals surface area contributed by atoms with E-state index in [1.54, 1.807) is 12.1 Å². The van der Waals surface area contributed by atoms with Crippen LogP contribution in [0.25, 0.3) is 0 Å². The van der Waals surface area contributed by atoms with Gasteiger partial charge in [-0.3, -0.25) is 0 Å². The summed E-state index contributed by atoms with van der Waals surface area (Å²) in [6.07, 6.45) is -0.228. The van der Waals surface area contributed by atoms with Gasteiger partial charge in [0.05, 0.1) is 5.69 Å². The Hall–Kier alpha value is -2.48. The molecular weight excluding hydrogens is 416 g/mol. The Labute approximate surface area is 181 Å². The van der Waals surface area contributed by atoms with E-state index < -0.39 is 16.2 Å². The molecule has 7 heteroatoms. The van der Waals surface area contributed by atoms with Crippen molar-refractivity contribution in [3.63, 3.8) is 0 Å². The van der Waals surface area contributed by atoms with Gasteiger partial charge in [-0.25, -0.2) is 8.42 Å². The quantitative estimate of drug-likeness (QED) is 0.636. The van der Waals surface area contributed by atoms with Gasteiger partial charge in [0.1, 0.15) is 22.9 Å². The Morgan fingerprint density at radius 1 is 0.933 bits per heavy atom. The summed E-state index contributed by atoms with van der Waals surface area (Å²) in [7, 11) is -3.67. The molecule has 0 radical (unpaired) electrons. The third-order valence-corrected chi connectivity index (χ3v) is 8.43. The van der Waals surface area contributed by atoms with Crippen molar-refractivity contribution < 1.29 is 13.2 Å². The molecule has 5 nitrogen and oxygen atoms in total. The summed E-state index contributed by atoms with van der Waals surface area (Å²) >= 11 is 1.88. The lowest BCUT2D eigenvalue weighted by atomic mass is 10.1. The Morgan fingerprint density at radius 3 is 2.33 bits per heavy atom. The monoisotopic (exact) mass is 438 g/mol. The molecule has 1 saturated heterocycles. The van der Waals surface area contributed by atoms with Crippen LogP contribution >= 0.6 is 11.8 Å². The van der Waals surface area contributed by atoms with Crippen molar-refractivity contribution in [3.8, 4) is 5.75 Å². The van der Waals surface area contributed by atoms with E-state index in [1.165, 1.54) is 4.31 Å². The molecule has 0 aliphatic carbocycles. The second-order valence-electron chi connectivity index (χ2n) is 7.43. The first-order valence-corrected chi connectivity index (χ1v) is 12.5. The molecule has 2 aliphatic rings. The number of nitrogens with one attached hydrogen (secondary N) is 1. The summed E-state index contributed by atoms with van der Waals surface area (Å²) in [6.45, 7) is 0.284. The number of para-hydroxylation sites is 1. The predicted octanol–water partition coefficient (Wildman–Crippen LogP) is 4.50. The van der Waals surface area contributed by atoms with Crippen LogP contribution in [0, 0.1) is 0 Å². The second-order valence-corrected chi connectivity index (χ2v) is 10.4. The Morgan fingerprint density at radius 2 is 1.63 bits per heavy atom. The van der Waals surface area contributed by atoms with Crippen molar-refractivity contribution in [3.05, 3.63) is 90.0 Å². The molecule has 3 aromatic rings. The zero-order valence-corrected chi connectivity index (χ0v) is 17.9. The molecule has 1 atom stereocenters. The van der Waals surface area contributed by atoms with E-state index in [1.807, 2.05) is 78.5 Å². The number of hydrogen-bond acceptors (Lipinski definition) is 5. The van der Waals surface area contributed by atoms with Crippen LogP contribution in [-0.2, 0) is 16.6 Å². The molecule has 0 saturated carbocycles. The molecule has 2 heterocycles. The van der Waals surface area contributed by atoms with Crippen molar-refractivity contribution in [2.75, 3.05) is 16.8 Å². The Kier molecular flexibility index (Phi) is 5.18. The van der Waals surface area contributed by atoms with E-state index in [2.05, 4.69) is 5.32 Å². The number of nitrogens with zero attached hydrogens (tertiary/aromatic N) is 1. The Bertz CT molecular complexity index is 1130. The van der Waals surface area contributed by atoms with Gasteiger partial charge < -0.3 is 10.1 Å². The molecule has 5 rings (SSSR count). The van der Waals surface area contributed by atoms with Crippen LogP contribution < -0.4 is 10.1 Å². The highest BCUT2D eigenvalue weighted by Gasteiger charge is 2.38. The number of anilines is 1. The first-order chi connectivity index (χ1) is 14.6. The molecule has 0 aromatic heterocycles. The van der Waals surface area contributed by atoms with E-state index in [4.69, 9.17) is 4.74 Å².